The molecule has 3 aliphatic heterocycles. The minimum absolute atomic E-state index is 0.0374. The van der Waals surface area contributed by atoms with E-state index in [9.17, 15) is 9.59 Å². The summed E-state index contributed by atoms with van der Waals surface area (Å²) in [6, 6.07) is 6.56. The predicted octanol–water partition coefficient (Wildman–Crippen LogP) is 4.82. The third kappa shape index (κ3) is 7.36. The first kappa shape index (κ1) is 31.6. The number of aryl methyl sites for hydroxylation is 2. The lowest BCUT2D eigenvalue weighted by Crippen LogP contribution is -2.50. The lowest BCUT2D eigenvalue weighted by Gasteiger charge is -2.37. The van der Waals surface area contributed by atoms with Crippen LogP contribution in [0.25, 0.3) is 0 Å². The molecule has 0 saturated carbocycles. The molecule has 3 fully saturated rings. The highest BCUT2D eigenvalue weighted by Crippen LogP contribution is 2.39. The molecule has 3 aromatic rings. The third-order valence-electron chi connectivity index (χ3n) is 8.94. The average Bonchev–Trinajstić information content (AvgIpc) is 3.74. The molecule has 0 bridgehead atoms. The minimum atomic E-state index is -0.0845. The van der Waals surface area contributed by atoms with Crippen LogP contribution in [0, 0.1) is 13.8 Å². The van der Waals surface area contributed by atoms with Crippen LogP contribution in [0.15, 0.2) is 33.5 Å². The summed E-state index contributed by atoms with van der Waals surface area (Å²) in [4.78, 5) is 48.9. The monoisotopic (exact) mass is 650 g/mol. The molecule has 11 nitrogen and oxygen atoms in total. The van der Waals surface area contributed by atoms with E-state index in [1.807, 2.05) is 38.2 Å². The van der Waals surface area contributed by atoms with Gasteiger partial charge in [-0.05, 0) is 70.3 Å². The van der Waals surface area contributed by atoms with Gasteiger partial charge in [0.05, 0.1) is 23.1 Å². The number of nitrogens with one attached hydrogen (secondary N) is 1. The SMILES string of the molecule is COc1cc(C)c(Sc2cnc(Nc3cc(N4CCC(N5CCCC5)CC4)nc(C)n3)s2)cc1C(=O)N1CCN(C(C)=O)CC1. The van der Waals surface area contributed by atoms with Crippen LogP contribution < -0.4 is 15.0 Å². The molecule has 6 rings (SSSR count). The molecule has 0 spiro atoms. The van der Waals surface area contributed by atoms with Crippen LogP contribution in [0.3, 0.4) is 0 Å². The quantitative estimate of drug-likeness (QED) is 0.365. The second-order valence-electron chi connectivity index (χ2n) is 11.9. The van der Waals surface area contributed by atoms with Crippen LogP contribution >= 0.6 is 23.1 Å². The van der Waals surface area contributed by atoms with Crippen LogP contribution in [-0.4, -0.2) is 107 Å². The van der Waals surface area contributed by atoms with Crippen molar-refractivity contribution in [2.24, 2.45) is 0 Å². The zero-order valence-electron chi connectivity index (χ0n) is 26.5. The Morgan fingerprint density at radius 1 is 0.956 bits per heavy atom. The molecule has 1 N–H and O–H groups in total. The molecule has 240 valence electrons. The third-order valence-corrected chi connectivity index (χ3v) is 11.1. The molecule has 0 aliphatic carbocycles. The molecule has 5 heterocycles. The van der Waals surface area contributed by atoms with Crippen molar-refractivity contribution in [1.29, 1.82) is 0 Å². The van der Waals surface area contributed by atoms with Crippen LogP contribution in [-0.2, 0) is 4.79 Å². The Morgan fingerprint density at radius 2 is 1.67 bits per heavy atom. The summed E-state index contributed by atoms with van der Waals surface area (Å²) in [5, 5.41) is 4.15. The zero-order valence-corrected chi connectivity index (χ0v) is 28.2. The van der Waals surface area contributed by atoms with Crippen LogP contribution in [0.2, 0.25) is 0 Å². The molecule has 0 radical (unpaired) electrons. The fourth-order valence-corrected chi connectivity index (χ4v) is 8.38. The molecule has 0 atom stereocenters. The number of thiazole rings is 1. The number of ether oxygens (including phenoxy) is 1. The fourth-order valence-electron chi connectivity index (χ4n) is 6.43. The van der Waals surface area contributed by atoms with Gasteiger partial charge >= 0.3 is 0 Å². The molecule has 13 heteroatoms. The van der Waals surface area contributed by atoms with Gasteiger partial charge in [-0.15, -0.1) is 0 Å². The molecule has 2 amide bonds. The number of benzene rings is 1. The summed E-state index contributed by atoms with van der Waals surface area (Å²) < 4.78 is 6.60. The number of aromatic nitrogens is 3. The van der Waals surface area contributed by atoms with E-state index in [0.717, 1.165) is 50.3 Å². The molecular formula is C32H42N8O3S2. The first-order valence-corrected chi connectivity index (χ1v) is 17.4. The van der Waals surface area contributed by atoms with Gasteiger partial charge in [-0.2, -0.15) is 0 Å². The lowest BCUT2D eigenvalue weighted by molar-refractivity contribution is -0.130. The van der Waals surface area contributed by atoms with Gasteiger partial charge in [0, 0.05) is 63.2 Å². The van der Waals surface area contributed by atoms with Gasteiger partial charge < -0.3 is 29.7 Å². The van der Waals surface area contributed by atoms with Crippen molar-refractivity contribution >= 4 is 51.7 Å². The summed E-state index contributed by atoms with van der Waals surface area (Å²) in [7, 11) is 1.59. The Morgan fingerprint density at radius 3 is 2.36 bits per heavy atom. The van der Waals surface area contributed by atoms with Gasteiger partial charge in [0.2, 0.25) is 5.91 Å². The summed E-state index contributed by atoms with van der Waals surface area (Å²) in [5.74, 6) is 2.94. The predicted molar refractivity (Wildman–Crippen MR) is 178 cm³/mol. The zero-order chi connectivity index (χ0) is 31.5. The number of piperazine rings is 1. The number of hydrogen-bond acceptors (Lipinski definition) is 11. The second kappa shape index (κ2) is 13.9. The Labute approximate surface area is 273 Å². The standard InChI is InChI=1S/C32H42N8O3S2/c1-21-17-26(43-4)25(31(42)40-15-13-37(14-16-40)23(3)41)18-27(21)44-30-20-33-32(45-30)36-28-19-29(35-22(2)34-28)39-11-7-24(8-12-39)38-9-5-6-10-38/h17-20,24H,5-16H2,1-4H3,(H,33,34,35,36). The minimum Gasteiger partial charge on any atom is -0.496 e. The van der Waals surface area contributed by atoms with E-state index >= 15 is 0 Å². The normalized spacial score (nSPS) is 18.0. The molecule has 0 unspecified atom stereocenters. The van der Waals surface area contributed by atoms with Crippen LogP contribution in [0.1, 0.15) is 54.4 Å². The number of amides is 2. The summed E-state index contributed by atoms with van der Waals surface area (Å²) in [6.07, 6.45) is 6.86. The number of piperidine rings is 1. The van der Waals surface area contributed by atoms with Gasteiger partial charge in [0.25, 0.3) is 5.91 Å². The van der Waals surface area contributed by atoms with Gasteiger partial charge in [-0.3, -0.25) is 9.59 Å². The summed E-state index contributed by atoms with van der Waals surface area (Å²) in [6.45, 7) is 12.1. The van der Waals surface area contributed by atoms with Gasteiger partial charge in [0.1, 0.15) is 23.2 Å². The van der Waals surface area contributed by atoms with Crippen molar-refractivity contribution < 1.29 is 14.3 Å². The molecule has 2 aromatic heterocycles. The highest BCUT2D eigenvalue weighted by molar-refractivity contribution is 8.01. The van der Waals surface area contributed by atoms with Crippen molar-refractivity contribution in [3.05, 3.63) is 41.3 Å². The van der Waals surface area contributed by atoms with Gasteiger partial charge in [-0.25, -0.2) is 15.0 Å². The highest BCUT2D eigenvalue weighted by atomic mass is 32.2. The maximum atomic E-state index is 13.5. The van der Waals surface area contributed by atoms with E-state index in [0.29, 0.717) is 43.5 Å². The van der Waals surface area contributed by atoms with Gasteiger partial charge in [0.15, 0.2) is 5.13 Å². The Kier molecular flexibility index (Phi) is 9.76. The maximum Gasteiger partial charge on any atom is 0.257 e. The molecular weight excluding hydrogens is 609 g/mol. The number of hydrogen-bond donors (Lipinski definition) is 1. The number of methoxy groups -OCH3 is 1. The van der Waals surface area contributed by atoms with E-state index in [1.54, 1.807) is 46.9 Å². The molecule has 3 saturated heterocycles. The number of carbonyl (C=O) groups is 2. The number of nitrogens with zero attached hydrogens (tertiary/aromatic N) is 7. The number of anilines is 3. The Bertz CT molecular complexity index is 1530. The Hall–Kier alpha value is -3.42. The van der Waals surface area contributed by atoms with Crippen molar-refractivity contribution in [2.45, 2.75) is 61.6 Å². The first-order chi connectivity index (χ1) is 21.8. The highest BCUT2D eigenvalue weighted by Gasteiger charge is 2.28. The smallest absolute Gasteiger partial charge is 0.257 e. The van der Waals surface area contributed by atoms with Crippen molar-refractivity contribution in [2.75, 3.05) is 69.7 Å². The maximum absolute atomic E-state index is 13.5. The van der Waals surface area contributed by atoms with E-state index in [-0.39, 0.29) is 11.8 Å². The van der Waals surface area contributed by atoms with Crippen molar-refractivity contribution in [3.8, 4) is 5.75 Å². The van der Waals surface area contributed by atoms with E-state index in [2.05, 4.69) is 25.1 Å². The number of carbonyl (C=O) groups excluding carboxylic acids is 2. The Balaban J connectivity index is 1.11. The van der Waals surface area contributed by atoms with Crippen molar-refractivity contribution in [1.82, 2.24) is 29.7 Å². The fraction of sp³-hybridized carbons (Fsp3) is 0.531. The van der Waals surface area contributed by atoms with Crippen LogP contribution in [0.5, 0.6) is 5.75 Å². The number of likely N-dealkylation sites (tertiary alicyclic amines) is 1. The van der Waals surface area contributed by atoms with Crippen molar-refractivity contribution in [3.63, 3.8) is 0 Å². The second-order valence-corrected chi connectivity index (χ2v) is 14.3. The first-order valence-electron chi connectivity index (χ1n) is 15.8. The summed E-state index contributed by atoms with van der Waals surface area (Å²) >= 11 is 3.12. The van der Waals surface area contributed by atoms with E-state index < -0.39 is 0 Å². The van der Waals surface area contributed by atoms with Gasteiger partial charge in [-0.1, -0.05) is 23.1 Å². The average molecular weight is 651 g/mol. The van der Waals surface area contributed by atoms with Crippen LogP contribution in [0.4, 0.5) is 16.8 Å². The van der Waals surface area contributed by atoms with E-state index in [1.165, 1.54) is 38.8 Å². The molecule has 1 aromatic carbocycles. The molecule has 3 aliphatic rings. The largest absolute Gasteiger partial charge is 0.496 e. The van der Waals surface area contributed by atoms with E-state index in [4.69, 9.17) is 9.72 Å². The topological polar surface area (TPSA) is 107 Å². The lowest BCUT2D eigenvalue weighted by atomic mass is 10.0. The molecule has 45 heavy (non-hydrogen) atoms. The number of rotatable bonds is 8. The summed E-state index contributed by atoms with van der Waals surface area (Å²) in [5.41, 5.74) is 1.54.